The van der Waals surface area contributed by atoms with Crippen LogP contribution in [0.2, 0.25) is 0 Å². The summed E-state index contributed by atoms with van der Waals surface area (Å²) in [6.45, 7) is -1.67. The predicted molar refractivity (Wildman–Crippen MR) is 114 cm³/mol. The van der Waals surface area contributed by atoms with E-state index in [-0.39, 0.29) is 10.6 Å². The van der Waals surface area contributed by atoms with Crippen LogP contribution in [0.5, 0.6) is 5.75 Å². The van der Waals surface area contributed by atoms with Gasteiger partial charge in [-0.2, -0.15) is 8.78 Å². The molecule has 6 nitrogen and oxygen atoms in total. The number of sulfonamides is 1. The first-order valence-corrected chi connectivity index (χ1v) is 10.7. The van der Waals surface area contributed by atoms with Crippen molar-refractivity contribution < 1.29 is 26.7 Å². The van der Waals surface area contributed by atoms with E-state index in [1.807, 2.05) is 0 Å². The fourth-order valence-corrected chi connectivity index (χ4v) is 4.42. The molecule has 9 heteroatoms. The second-order valence-corrected chi connectivity index (χ2v) is 8.42. The lowest BCUT2D eigenvalue weighted by Crippen LogP contribution is -2.38. The predicted octanol–water partition coefficient (Wildman–Crippen LogP) is 4.43. The van der Waals surface area contributed by atoms with Gasteiger partial charge in [0.15, 0.2) is 0 Å². The average molecular weight is 446 g/mol. The molecule has 0 aliphatic carbocycles. The molecule has 0 fully saturated rings. The lowest BCUT2D eigenvalue weighted by Gasteiger charge is -2.25. The molecular formula is C22H20F2N2O4S. The maximum Gasteiger partial charge on any atom is 0.387 e. The molecule has 0 radical (unpaired) electrons. The highest BCUT2D eigenvalue weighted by atomic mass is 32.2. The van der Waals surface area contributed by atoms with Gasteiger partial charge in [-0.1, -0.05) is 36.4 Å². The molecule has 0 aromatic heterocycles. The Labute approximate surface area is 179 Å². The number of ether oxygens (including phenoxy) is 1. The summed E-state index contributed by atoms with van der Waals surface area (Å²) in [5, 5.41) is 2.58. The molecule has 1 amide bonds. The first-order valence-electron chi connectivity index (χ1n) is 9.25. The SMILES string of the molecule is Cc1ccccc1N(CC(=O)Nc1ccc(OC(F)F)cc1)S(=O)(=O)c1ccccc1. The van der Waals surface area contributed by atoms with Crippen LogP contribution >= 0.6 is 0 Å². The summed E-state index contributed by atoms with van der Waals surface area (Å²) >= 11 is 0. The molecule has 0 aliphatic heterocycles. The summed E-state index contributed by atoms with van der Waals surface area (Å²) in [6.07, 6.45) is 0. The van der Waals surface area contributed by atoms with Crippen molar-refractivity contribution in [3.05, 3.63) is 84.4 Å². The number of para-hydroxylation sites is 1. The molecule has 31 heavy (non-hydrogen) atoms. The third-order valence-corrected chi connectivity index (χ3v) is 6.14. The summed E-state index contributed by atoms with van der Waals surface area (Å²) in [6, 6.07) is 20.0. The summed E-state index contributed by atoms with van der Waals surface area (Å²) in [5.41, 5.74) is 1.37. The van der Waals surface area contributed by atoms with Gasteiger partial charge in [-0.05, 0) is 55.0 Å². The van der Waals surface area contributed by atoms with Gasteiger partial charge in [0, 0.05) is 5.69 Å². The van der Waals surface area contributed by atoms with Crippen molar-refractivity contribution in [1.29, 1.82) is 0 Å². The van der Waals surface area contributed by atoms with Crippen LogP contribution in [0.25, 0.3) is 0 Å². The number of hydrogen-bond donors (Lipinski definition) is 1. The Balaban J connectivity index is 1.85. The first-order chi connectivity index (χ1) is 14.8. The van der Waals surface area contributed by atoms with Crippen LogP contribution in [0.15, 0.2) is 83.8 Å². The largest absolute Gasteiger partial charge is 0.435 e. The number of benzene rings is 3. The summed E-state index contributed by atoms with van der Waals surface area (Å²) in [7, 11) is -4.02. The van der Waals surface area contributed by atoms with Crippen LogP contribution in [-0.4, -0.2) is 27.5 Å². The number of nitrogens with one attached hydrogen (secondary N) is 1. The van der Waals surface area contributed by atoms with E-state index in [1.165, 1.54) is 36.4 Å². The lowest BCUT2D eigenvalue weighted by molar-refractivity contribution is -0.114. The molecule has 0 heterocycles. The van der Waals surface area contributed by atoms with Crippen LogP contribution in [0.1, 0.15) is 5.56 Å². The molecule has 3 aromatic rings. The second kappa shape index (κ2) is 9.57. The minimum atomic E-state index is -4.02. The number of carbonyl (C=O) groups excluding carboxylic acids is 1. The molecule has 0 saturated heterocycles. The molecule has 0 saturated carbocycles. The number of nitrogens with zero attached hydrogens (tertiary/aromatic N) is 1. The third kappa shape index (κ3) is 5.58. The Kier molecular flexibility index (Phi) is 6.86. The molecule has 0 unspecified atom stereocenters. The van der Waals surface area contributed by atoms with E-state index in [0.717, 1.165) is 4.31 Å². The smallest absolute Gasteiger partial charge is 0.387 e. The van der Waals surface area contributed by atoms with Gasteiger partial charge in [-0.3, -0.25) is 9.10 Å². The van der Waals surface area contributed by atoms with E-state index in [2.05, 4.69) is 10.1 Å². The number of alkyl halides is 2. The Bertz CT molecular complexity index is 1140. The Morgan fingerprint density at radius 1 is 0.968 bits per heavy atom. The standard InChI is InChI=1S/C22H20F2N2O4S/c1-16-7-5-6-10-20(16)26(31(28,29)19-8-3-2-4-9-19)15-21(27)25-17-11-13-18(14-12-17)30-22(23)24/h2-14,22H,15H2,1H3,(H,25,27). The van der Waals surface area contributed by atoms with Gasteiger partial charge in [0.2, 0.25) is 5.91 Å². The number of aryl methyl sites for hydroxylation is 1. The number of carbonyl (C=O) groups is 1. The first kappa shape index (κ1) is 22.2. The Morgan fingerprint density at radius 3 is 2.19 bits per heavy atom. The lowest BCUT2D eigenvalue weighted by atomic mass is 10.2. The van der Waals surface area contributed by atoms with Gasteiger partial charge >= 0.3 is 6.61 Å². The van der Waals surface area contributed by atoms with Gasteiger partial charge < -0.3 is 10.1 Å². The Morgan fingerprint density at radius 2 is 1.58 bits per heavy atom. The van der Waals surface area contributed by atoms with Crippen molar-refractivity contribution in [3.63, 3.8) is 0 Å². The zero-order valence-electron chi connectivity index (χ0n) is 16.5. The maximum atomic E-state index is 13.3. The molecule has 162 valence electrons. The van der Waals surface area contributed by atoms with E-state index in [4.69, 9.17) is 0 Å². The van der Waals surface area contributed by atoms with E-state index in [0.29, 0.717) is 16.9 Å². The van der Waals surface area contributed by atoms with E-state index in [9.17, 15) is 22.0 Å². The van der Waals surface area contributed by atoms with Gasteiger partial charge in [-0.25, -0.2) is 8.42 Å². The summed E-state index contributed by atoms with van der Waals surface area (Å²) < 4.78 is 56.4. The van der Waals surface area contributed by atoms with Crippen LogP contribution in [-0.2, 0) is 14.8 Å². The normalized spacial score (nSPS) is 11.2. The zero-order valence-corrected chi connectivity index (χ0v) is 17.4. The van der Waals surface area contributed by atoms with Gasteiger partial charge in [0.25, 0.3) is 10.0 Å². The van der Waals surface area contributed by atoms with Gasteiger partial charge in [0.1, 0.15) is 12.3 Å². The van der Waals surface area contributed by atoms with E-state index >= 15 is 0 Å². The van der Waals surface area contributed by atoms with Gasteiger partial charge in [0.05, 0.1) is 10.6 Å². The van der Waals surface area contributed by atoms with Crippen molar-refractivity contribution in [2.75, 3.05) is 16.2 Å². The van der Waals surface area contributed by atoms with Crippen LogP contribution in [0, 0.1) is 6.92 Å². The van der Waals surface area contributed by atoms with Crippen LogP contribution in [0.3, 0.4) is 0 Å². The highest BCUT2D eigenvalue weighted by Crippen LogP contribution is 2.27. The number of rotatable bonds is 8. The highest BCUT2D eigenvalue weighted by Gasteiger charge is 2.28. The molecule has 0 spiro atoms. The fourth-order valence-electron chi connectivity index (χ4n) is 2.91. The molecule has 3 rings (SSSR count). The quantitative estimate of drug-likeness (QED) is 0.556. The monoisotopic (exact) mass is 446 g/mol. The Hall–Kier alpha value is -3.46. The summed E-state index contributed by atoms with van der Waals surface area (Å²) in [5.74, 6) is -0.647. The van der Waals surface area contributed by atoms with Crippen molar-refractivity contribution >= 4 is 27.3 Å². The molecule has 0 aliphatic rings. The minimum Gasteiger partial charge on any atom is -0.435 e. The van der Waals surface area contributed by atoms with Crippen molar-refractivity contribution in [3.8, 4) is 5.75 Å². The highest BCUT2D eigenvalue weighted by molar-refractivity contribution is 7.92. The second-order valence-electron chi connectivity index (χ2n) is 6.56. The van der Waals surface area contributed by atoms with E-state index in [1.54, 1.807) is 49.4 Å². The number of amides is 1. The molecule has 3 aromatic carbocycles. The number of hydrogen-bond acceptors (Lipinski definition) is 4. The zero-order chi connectivity index (χ0) is 22.4. The molecule has 0 bridgehead atoms. The average Bonchev–Trinajstić information content (AvgIpc) is 2.74. The van der Waals surface area contributed by atoms with E-state index < -0.39 is 29.1 Å². The molecule has 1 N–H and O–H groups in total. The summed E-state index contributed by atoms with van der Waals surface area (Å²) in [4.78, 5) is 12.7. The minimum absolute atomic E-state index is 0.0545. The van der Waals surface area contributed by atoms with Crippen LogP contribution < -0.4 is 14.4 Å². The molecular weight excluding hydrogens is 426 g/mol. The number of anilines is 2. The van der Waals surface area contributed by atoms with Crippen molar-refractivity contribution in [2.24, 2.45) is 0 Å². The third-order valence-electron chi connectivity index (χ3n) is 4.37. The maximum absolute atomic E-state index is 13.3. The molecule has 0 atom stereocenters. The van der Waals surface area contributed by atoms with Crippen molar-refractivity contribution in [1.82, 2.24) is 0 Å². The van der Waals surface area contributed by atoms with Crippen LogP contribution in [0.4, 0.5) is 20.2 Å². The van der Waals surface area contributed by atoms with Gasteiger partial charge in [-0.15, -0.1) is 0 Å². The fraction of sp³-hybridized carbons (Fsp3) is 0.136. The van der Waals surface area contributed by atoms with Crippen molar-refractivity contribution in [2.45, 2.75) is 18.4 Å². The number of halogens is 2. The topological polar surface area (TPSA) is 75.7 Å².